The SMILES string of the molecule is CC(C)(C)OCCC(=O)C(NC(=O)OCc1ccccc1)C(=O)O. The molecular weight excluding hydrogens is 314 g/mol. The average molecular weight is 337 g/mol. The standard InChI is InChI=1S/C17H23NO6/c1-17(2,3)24-10-9-13(19)14(15(20)21)18-16(22)23-11-12-7-5-4-6-8-12/h4-8,14H,9-11H2,1-3H3,(H,18,22)(H,20,21). The molecule has 7 nitrogen and oxygen atoms in total. The van der Waals surface area contributed by atoms with E-state index in [0.29, 0.717) is 0 Å². The van der Waals surface area contributed by atoms with Gasteiger partial charge in [0, 0.05) is 6.42 Å². The van der Waals surface area contributed by atoms with Crippen LogP contribution < -0.4 is 5.32 Å². The first-order valence-electron chi connectivity index (χ1n) is 7.56. The highest BCUT2D eigenvalue weighted by molar-refractivity contribution is 6.04. The molecule has 0 heterocycles. The molecule has 1 aromatic rings. The average Bonchev–Trinajstić information content (AvgIpc) is 2.50. The van der Waals surface area contributed by atoms with Gasteiger partial charge < -0.3 is 19.9 Å². The summed E-state index contributed by atoms with van der Waals surface area (Å²) in [4.78, 5) is 34.8. The molecule has 1 atom stereocenters. The lowest BCUT2D eigenvalue weighted by molar-refractivity contribution is -0.143. The van der Waals surface area contributed by atoms with Crippen LogP contribution in [0, 0.1) is 0 Å². The van der Waals surface area contributed by atoms with Gasteiger partial charge in [-0.2, -0.15) is 0 Å². The van der Waals surface area contributed by atoms with E-state index in [2.05, 4.69) is 5.32 Å². The normalized spacial score (nSPS) is 12.3. The Morgan fingerprint density at radius 2 is 1.79 bits per heavy atom. The van der Waals surface area contributed by atoms with Gasteiger partial charge in [0.25, 0.3) is 0 Å². The number of nitrogens with one attached hydrogen (secondary N) is 1. The lowest BCUT2D eigenvalue weighted by Crippen LogP contribution is -2.47. The van der Waals surface area contributed by atoms with E-state index >= 15 is 0 Å². The summed E-state index contributed by atoms with van der Waals surface area (Å²) in [5.74, 6) is -2.09. The van der Waals surface area contributed by atoms with E-state index in [4.69, 9.17) is 14.6 Å². The Morgan fingerprint density at radius 1 is 1.17 bits per heavy atom. The van der Waals surface area contributed by atoms with Crippen molar-refractivity contribution in [1.82, 2.24) is 5.32 Å². The number of amides is 1. The van der Waals surface area contributed by atoms with Crippen LogP contribution in [-0.4, -0.2) is 41.2 Å². The number of alkyl carbamates (subject to hydrolysis) is 1. The van der Waals surface area contributed by atoms with Gasteiger partial charge in [-0.25, -0.2) is 9.59 Å². The molecule has 0 saturated heterocycles. The summed E-state index contributed by atoms with van der Waals surface area (Å²) in [6.45, 7) is 5.54. The minimum Gasteiger partial charge on any atom is -0.479 e. The Kier molecular flexibility index (Phi) is 7.38. The van der Waals surface area contributed by atoms with Crippen LogP contribution in [0.2, 0.25) is 0 Å². The topological polar surface area (TPSA) is 102 Å². The van der Waals surface area contributed by atoms with Crippen molar-refractivity contribution in [3.63, 3.8) is 0 Å². The summed E-state index contributed by atoms with van der Waals surface area (Å²) in [6.07, 6.45) is -1.08. The van der Waals surface area contributed by atoms with E-state index in [1.807, 2.05) is 26.8 Å². The molecule has 1 rings (SSSR count). The largest absolute Gasteiger partial charge is 0.479 e. The number of hydrogen-bond donors (Lipinski definition) is 2. The zero-order chi connectivity index (χ0) is 18.2. The number of carbonyl (C=O) groups is 3. The van der Waals surface area contributed by atoms with Crippen molar-refractivity contribution in [3.05, 3.63) is 35.9 Å². The smallest absolute Gasteiger partial charge is 0.408 e. The zero-order valence-corrected chi connectivity index (χ0v) is 14.1. The van der Waals surface area contributed by atoms with Crippen LogP contribution in [0.25, 0.3) is 0 Å². The van der Waals surface area contributed by atoms with Gasteiger partial charge in [-0.15, -0.1) is 0 Å². The lowest BCUT2D eigenvalue weighted by atomic mass is 10.1. The van der Waals surface area contributed by atoms with E-state index in [9.17, 15) is 14.4 Å². The Morgan fingerprint density at radius 3 is 2.33 bits per heavy atom. The summed E-state index contributed by atoms with van der Waals surface area (Å²) >= 11 is 0. The highest BCUT2D eigenvalue weighted by Crippen LogP contribution is 2.08. The lowest BCUT2D eigenvalue weighted by Gasteiger charge is -2.20. The number of carboxylic acids is 1. The fraction of sp³-hybridized carbons (Fsp3) is 0.471. The van der Waals surface area contributed by atoms with Crippen molar-refractivity contribution in [2.45, 2.75) is 45.4 Å². The second-order valence-electron chi connectivity index (χ2n) is 6.15. The predicted octanol–water partition coefficient (Wildman–Crippen LogP) is 2.14. The molecule has 1 aromatic carbocycles. The second-order valence-corrected chi connectivity index (χ2v) is 6.15. The third-order valence-corrected chi connectivity index (χ3v) is 2.93. The van der Waals surface area contributed by atoms with Crippen LogP contribution in [0.3, 0.4) is 0 Å². The van der Waals surface area contributed by atoms with Crippen molar-refractivity contribution in [2.24, 2.45) is 0 Å². The number of ether oxygens (including phenoxy) is 2. The molecule has 1 unspecified atom stereocenters. The maximum Gasteiger partial charge on any atom is 0.408 e. The molecular formula is C17H23NO6. The Labute approximate surface area is 141 Å². The molecule has 24 heavy (non-hydrogen) atoms. The van der Waals surface area contributed by atoms with Crippen LogP contribution in [0.5, 0.6) is 0 Å². The molecule has 1 amide bonds. The first kappa shape index (κ1) is 19.6. The molecule has 0 aliphatic carbocycles. The first-order valence-corrected chi connectivity index (χ1v) is 7.56. The molecule has 0 fully saturated rings. The summed E-state index contributed by atoms with van der Waals surface area (Å²) < 4.78 is 10.3. The van der Waals surface area contributed by atoms with Gasteiger partial charge in [-0.3, -0.25) is 4.79 Å². The van der Waals surface area contributed by atoms with Crippen molar-refractivity contribution in [1.29, 1.82) is 0 Å². The Bertz CT molecular complexity index is 564. The minimum atomic E-state index is -1.66. The molecule has 132 valence electrons. The monoisotopic (exact) mass is 337 g/mol. The molecule has 0 aliphatic heterocycles. The van der Waals surface area contributed by atoms with Crippen LogP contribution in [0.15, 0.2) is 30.3 Å². The van der Waals surface area contributed by atoms with Crippen LogP contribution >= 0.6 is 0 Å². The fourth-order valence-corrected chi connectivity index (χ4v) is 1.76. The van der Waals surface area contributed by atoms with E-state index in [1.54, 1.807) is 24.3 Å². The van der Waals surface area contributed by atoms with Gasteiger partial charge in [0.1, 0.15) is 6.61 Å². The van der Waals surface area contributed by atoms with E-state index in [-0.39, 0.29) is 19.6 Å². The molecule has 0 saturated carbocycles. The van der Waals surface area contributed by atoms with Crippen molar-refractivity contribution >= 4 is 17.8 Å². The van der Waals surface area contributed by atoms with Gasteiger partial charge in [0.05, 0.1) is 12.2 Å². The highest BCUT2D eigenvalue weighted by atomic mass is 16.5. The molecule has 0 spiro atoms. The molecule has 0 bridgehead atoms. The van der Waals surface area contributed by atoms with Crippen LogP contribution in [-0.2, 0) is 25.7 Å². The van der Waals surface area contributed by atoms with E-state index in [1.165, 1.54) is 0 Å². The Hall–Kier alpha value is -2.41. The maximum absolute atomic E-state index is 11.9. The number of hydrogen-bond acceptors (Lipinski definition) is 5. The molecule has 0 radical (unpaired) electrons. The first-order chi connectivity index (χ1) is 11.2. The predicted molar refractivity (Wildman–Crippen MR) is 86.5 cm³/mol. The summed E-state index contributed by atoms with van der Waals surface area (Å²) in [6, 6.07) is 7.26. The highest BCUT2D eigenvalue weighted by Gasteiger charge is 2.28. The third-order valence-electron chi connectivity index (χ3n) is 2.93. The van der Waals surface area contributed by atoms with Gasteiger partial charge in [0.15, 0.2) is 11.8 Å². The Balaban J connectivity index is 2.48. The van der Waals surface area contributed by atoms with Crippen molar-refractivity contribution in [2.75, 3.05) is 6.61 Å². The van der Waals surface area contributed by atoms with Gasteiger partial charge in [-0.1, -0.05) is 30.3 Å². The molecule has 7 heteroatoms. The molecule has 0 aromatic heterocycles. The number of rotatable bonds is 8. The van der Waals surface area contributed by atoms with Crippen LogP contribution in [0.4, 0.5) is 4.79 Å². The fourth-order valence-electron chi connectivity index (χ4n) is 1.76. The number of Topliss-reactive ketones (excluding diaryl/α,β-unsaturated/α-hetero) is 1. The number of carboxylic acid groups (broad SMARTS) is 1. The number of ketones is 1. The number of carbonyl (C=O) groups excluding carboxylic acids is 2. The molecule has 2 N–H and O–H groups in total. The van der Waals surface area contributed by atoms with E-state index < -0.39 is 29.5 Å². The minimum absolute atomic E-state index is 0.0136. The van der Waals surface area contributed by atoms with Crippen molar-refractivity contribution in [3.8, 4) is 0 Å². The maximum atomic E-state index is 11.9. The van der Waals surface area contributed by atoms with Crippen LogP contribution in [0.1, 0.15) is 32.8 Å². The summed E-state index contributed by atoms with van der Waals surface area (Å²) in [5, 5.41) is 11.2. The summed E-state index contributed by atoms with van der Waals surface area (Å²) in [5.41, 5.74) is 0.325. The second kappa shape index (κ2) is 9.02. The zero-order valence-electron chi connectivity index (χ0n) is 14.1. The van der Waals surface area contributed by atoms with E-state index in [0.717, 1.165) is 5.56 Å². The van der Waals surface area contributed by atoms with Gasteiger partial charge in [0.2, 0.25) is 0 Å². The number of benzene rings is 1. The summed E-state index contributed by atoms with van der Waals surface area (Å²) in [7, 11) is 0. The third kappa shape index (κ3) is 7.73. The number of aliphatic carboxylic acids is 1. The van der Waals surface area contributed by atoms with Gasteiger partial charge >= 0.3 is 12.1 Å². The quantitative estimate of drug-likeness (QED) is 0.705. The molecule has 0 aliphatic rings. The van der Waals surface area contributed by atoms with Gasteiger partial charge in [-0.05, 0) is 26.3 Å². The van der Waals surface area contributed by atoms with Crippen molar-refractivity contribution < 1.29 is 29.0 Å².